The van der Waals surface area contributed by atoms with Crippen LogP contribution in [0.3, 0.4) is 0 Å². The van der Waals surface area contributed by atoms with Crippen LogP contribution in [0, 0.1) is 0 Å². The van der Waals surface area contributed by atoms with Gasteiger partial charge < -0.3 is 26.6 Å². The molecule has 3 amide bonds. The molecule has 0 radical (unpaired) electrons. The van der Waals surface area contributed by atoms with E-state index >= 15 is 0 Å². The highest BCUT2D eigenvalue weighted by molar-refractivity contribution is 5.96. The maximum absolute atomic E-state index is 12.6. The van der Waals surface area contributed by atoms with Gasteiger partial charge in [-0.05, 0) is 57.4 Å². The van der Waals surface area contributed by atoms with E-state index in [0.29, 0.717) is 37.7 Å². The van der Waals surface area contributed by atoms with Gasteiger partial charge in [0.25, 0.3) is 5.91 Å². The summed E-state index contributed by atoms with van der Waals surface area (Å²) in [6.45, 7) is 4.68. The molecule has 0 spiro atoms. The molecule has 1 saturated carbocycles. The van der Waals surface area contributed by atoms with E-state index in [0.717, 1.165) is 35.5 Å². The summed E-state index contributed by atoms with van der Waals surface area (Å²) in [5.41, 5.74) is 9.22. The van der Waals surface area contributed by atoms with Crippen LogP contribution in [0.1, 0.15) is 60.0 Å². The van der Waals surface area contributed by atoms with Crippen molar-refractivity contribution in [1.82, 2.24) is 25.5 Å². The van der Waals surface area contributed by atoms with Gasteiger partial charge in [-0.25, -0.2) is 9.97 Å². The number of likely N-dealkylation sites (N-methyl/N-ethyl adjacent to an activating group) is 2. The first-order chi connectivity index (χ1) is 17.7. The highest BCUT2D eigenvalue weighted by Gasteiger charge is 2.30. The minimum Gasteiger partial charge on any atom is -0.364 e. The van der Waals surface area contributed by atoms with E-state index in [1.165, 1.54) is 11.0 Å². The predicted molar refractivity (Wildman–Crippen MR) is 144 cm³/mol. The van der Waals surface area contributed by atoms with Gasteiger partial charge in [0.05, 0.1) is 11.4 Å². The Hall–Kier alpha value is -3.79. The van der Waals surface area contributed by atoms with E-state index in [1.54, 1.807) is 27.1 Å². The number of nitrogens with two attached hydrogens (primary N) is 1. The van der Waals surface area contributed by atoms with Crippen molar-refractivity contribution < 1.29 is 14.4 Å². The Morgan fingerprint density at radius 1 is 1.24 bits per heavy atom. The largest absolute Gasteiger partial charge is 0.364 e. The van der Waals surface area contributed by atoms with Gasteiger partial charge in [-0.1, -0.05) is 25.1 Å². The zero-order valence-corrected chi connectivity index (χ0v) is 22.0. The average Bonchev–Trinajstić information content (AvgIpc) is 3.73. The molecule has 2 aromatic rings. The molecule has 0 unspecified atom stereocenters. The summed E-state index contributed by atoms with van der Waals surface area (Å²) < 4.78 is 0. The Balaban J connectivity index is 1.61. The van der Waals surface area contributed by atoms with Crippen molar-refractivity contribution in [2.45, 2.75) is 51.5 Å². The monoisotopic (exact) mass is 507 g/mol. The van der Waals surface area contributed by atoms with Crippen molar-refractivity contribution in [2.75, 3.05) is 32.5 Å². The van der Waals surface area contributed by atoms with Gasteiger partial charge in [0, 0.05) is 37.8 Å². The number of hydrogen-bond acceptors (Lipinski definition) is 7. The van der Waals surface area contributed by atoms with Crippen molar-refractivity contribution in [2.24, 2.45) is 5.73 Å². The van der Waals surface area contributed by atoms with Gasteiger partial charge >= 0.3 is 0 Å². The molecule has 1 fully saturated rings. The summed E-state index contributed by atoms with van der Waals surface area (Å²) >= 11 is 0. The Labute approximate surface area is 218 Å². The fourth-order valence-electron chi connectivity index (χ4n) is 3.87. The number of anilines is 2. The quantitative estimate of drug-likeness (QED) is 0.304. The second-order valence-electron chi connectivity index (χ2n) is 9.20. The molecule has 3 rings (SSSR count). The molecule has 1 aromatic carbocycles. The summed E-state index contributed by atoms with van der Waals surface area (Å²) in [5, 5.41) is 9.04. The van der Waals surface area contributed by atoms with Crippen LogP contribution in [0.15, 0.2) is 36.4 Å². The molecular weight excluding hydrogens is 470 g/mol. The first kappa shape index (κ1) is 27.8. The van der Waals surface area contributed by atoms with Gasteiger partial charge in [-0.3, -0.25) is 14.4 Å². The zero-order valence-electron chi connectivity index (χ0n) is 22.0. The lowest BCUT2D eigenvalue weighted by Crippen LogP contribution is -2.45. The molecule has 198 valence electrons. The Bertz CT molecular complexity index is 1160. The predicted octanol–water partition coefficient (Wildman–Crippen LogP) is 2.04. The Morgan fingerprint density at radius 2 is 2.00 bits per heavy atom. The number of rotatable bonds is 13. The third-order valence-electron chi connectivity index (χ3n) is 6.32. The molecule has 1 heterocycles. The zero-order chi connectivity index (χ0) is 26.9. The first-order valence-corrected chi connectivity index (χ1v) is 12.7. The minimum absolute atomic E-state index is 0.132. The number of carbonyl (C=O) groups is 3. The lowest BCUT2D eigenvalue weighted by Gasteiger charge is -2.23. The van der Waals surface area contributed by atoms with Crippen LogP contribution < -0.4 is 21.7 Å². The number of primary amides is 1. The smallest absolute Gasteiger partial charge is 0.271 e. The lowest BCUT2D eigenvalue weighted by atomic mass is 10.1. The van der Waals surface area contributed by atoms with E-state index < -0.39 is 11.9 Å². The maximum Gasteiger partial charge on any atom is 0.271 e. The highest BCUT2D eigenvalue weighted by atomic mass is 16.2. The van der Waals surface area contributed by atoms with Crippen LogP contribution in [-0.4, -0.2) is 65.8 Å². The normalized spacial score (nSPS) is 13.8. The molecule has 0 bridgehead atoms. The third-order valence-corrected chi connectivity index (χ3v) is 6.32. The van der Waals surface area contributed by atoms with Crippen molar-refractivity contribution in [1.29, 1.82) is 0 Å². The van der Waals surface area contributed by atoms with Crippen molar-refractivity contribution >= 4 is 29.2 Å². The van der Waals surface area contributed by atoms with Gasteiger partial charge in [-0.2, -0.15) is 0 Å². The number of aryl methyl sites for hydroxylation is 1. The van der Waals surface area contributed by atoms with E-state index in [1.807, 2.05) is 31.2 Å². The maximum atomic E-state index is 12.6. The van der Waals surface area contributed by atoms with E-state index in [2.05, 4.69) is 20.9 Å². The van der Waals surface area contributed by atoms with Crippen LogP contribution in [0.25, 0.3) is 0 Å². The fourth-order valence-corrected chi connectivity index (χ4v) is 3.87. The van der Waals surface area contributed by atoms with Crippen LogP contribution in [-0.2, 0) is 22.4 Å². The molecule has 10 heteroatoms. The lowest BCUT2D eigenvalue weighted by molar-refractivity contribution is -0.135. The SMILES string of the molecule is CCc1nc(C(N)=O)c(Nc2cccc(CCNC(=O)[C@H](C)N(C)C(=O)/C=C/CNC)c2)nc1C1CC1. The first-order valence-electron chi connectivity index (χ1n) is 12.7. The molecular formula is C27H37N7O3. The number of nitrogens with zero attached hydrogens (tertiary/aromatic N) is 3. The van der Waals surface area contributed by atoms with E-state index in [4.69, 9.17) is 10.7 Å². The molecule has 37 heavy (non-hydrogen) atoms. The molecule has 1 aromatic heterocycles. The number of nitrogens with one attached hydrogen (secondary N) is 3. The topological polar surface area (TPSA) is 142 Å². The Kier molecular flexibility index (Phi) is 9.73. The number of carbonyl (C=O) groups excluding carboxylic acids is 3. The molecule has 1 aliphatic rings. The second-order valence-corrected chi connectivity index (χ2v) is 9.20. The van der Waals surface area contributed by atoms with Crippen LogP contribution in [0.4, 0.5) is 11.5 Å². The second kappa shape index (κ2) is 13.0. The van der Waals surface area contributed by atoms with Gasteiger partial charge in [-0.15, -0.1) is 0 Å². The number of aromatic nitrogens is 2. The van der Waals surface area contributed by atoms with Crippen LogP contribution in [0.5, 0.6) is 0 Å². The molecule has 5 N–H and O–H groups in total. The summed E-state index contributed by atoms with van der Waals surface area (Å²) in [6, 6.07) is 7.07. The van der Waals surface area contributed by atoms with Gasteiger partial charge in [0.2, 0.25) is 11.8 Å². The van der Waals surface area contributed by atoms with Crippen molar-refractivity contribution in [3.05, 3.63) is 59.1 Å². The molecule has 1 aliphatic carbocycles. The summed E-state index contributed by atoms with van der Waals surface area (Å²) in [6.07, 6.45) is 6.60. The standard InChI is InChI=1S/C27H37N7O3/c1-5-21-23(19-11-12-19)33-26(24(32-21)25(28)36)31-20-9-6-8-18(16-20)13-15-30-27(37)17(2)34(4)22(35)10-7-14-29-3/h6-10,16-17,19,29H,5,11-15H2,1-4H3,(H2,28,36)(H,30,37)(H,31,33)/b10-7+/t17-/m0/s1. The Morgan fingerprint density at radius 3 is 2.65 bits per heavy atom. The molecule has 1 atom stereocenters. The summed E-state index contributed by atoms with van der Waals surface area (Å²) in [5.74, 6) is -0.326. The van der Waals surface area contributed by atoms with E-state index in [-0.39, 0.29) is 17.5 Å². The highest BCUT2D eigenvalue weighted by Crippen LogP contribution is 2.41. The molecule has 0 saturated heterocycles. The van der Waals surface area contributed by atoms with E-state index in [9.17, 15) is 14.4 Å². The third kappa shape index (κ3) is 7.60. The molecule has 0 aliphatic heterocycles. The van der Waals surface area contributed by atoms with Gasteiger partial charge in [0.1, 0.15) is 6.04 Å². The van der Waals surface area contributed by atoms with Crippen LogP contribution in [0.2, 0.25) is 0 Å². The fraction of sp³-hybridized carbons (Fsp3) is 0.444. The number of hydrogen-bond donors (Lipinski definition) is 4. The number of amides is 3. The molecule has 10 nitrogen and oxygen atoms in total. The minimum atomic E-state index is -0.624. The van der Waals surface area contributed by atoms with Crippen molar-refractivity contribution in [3.8, 4) is 0 Å². The number of benzene rings is 1. The average molecular weight is 508 g/mol. The summed E-state index contributed by atoms with van der Waals surface area (Å²) in [7, 11) is 3.40. The van der Waals surface area contributed by atoms with Crippen molar-refractivity contribution in [3.63, 3.8) is 0 Å². The van der Waals surface area contributed by atoms with Gasteiger partial charge in [0.15, 0.2) is 11.5 Å². The summed E-state index contributed by atoms with van der Waals surface area (Å²) in [4.78, 5) is 47.5. The van der Waals surface area contributed by atoms with Crippen LogP contribution >= 0.6 is 0 Å².